The Morgan fingerprint density at radius 3 is 2.68 bits per heavy atom. The van der Waals surface area contributed by atoms with Crippen LogP contribution in [0.5, 0.6) is 0 Å². The molecule has 0 saturated carbocycles. The molecule has 2 N–H and O–H groups in total. The fourth-order valence-electron chi connectivity index (χ4n) is 2.52. The van der Waals surface area contributed by atoms with E-state index in [0.717, 1.165) is 11.8 Å². The van der Waals surface area contributed by atoms with Gasteiger partial charge in [-0.15, -0.1) is 0 Å². The number of rotatable bonds is 4. The molecule has 0 amide bonds. The van der Waals surface area contributed by atoms with E-state index in [1.165, 1.54) is 6.07 Å². The van der Waals surface area contributed by atoms with Gasteiger partial charge in [-0.1, -0.05) is 6.92 Å². The summed E-state index contributed by atoms with van der Waals surface area (Å²) in [6, 6.07) is 3.48. The number of hydrogen-bond donors (Lipinski definition) is 2. The molecule has 0 aliphatic carbocycles. The van der Waals surface area contributed by atoms with Crippen molar-refractivity contribution in [1.29, 1.82) is 5.26 Å². The Morgan fingerprint density at radius 1 is 1.45 bits per heavy atom. The van der Waals surface area contributed by atoms with Gasteiger partial charge in [-0.05, 0) is 36.8 Å². The van der Waals surface area contributed by atoms with Crippen LogP contribution in [0.15, 0.2) is 12.1 Å². The predicted octanol–water partition coefficient (Wildman–Crippen LogP) is 3.42. The monoisotopic (exact) mass is 330 g/mol. The highest BCUT2D eigenvalue weighted by Gasteiger charge is 2.39. The summed E-state index contributed by atoms with van der Waals surface area (Å²) in [6.07, 6.45) is -4.17. The third-order valence-corrected chi connectivity index (χ3v) is 4.97. The quantitative estimate of drug-likeness (QED) is 0.888. The molecule has 0 spiro atoms. The van der Waals surface area contributed by atoms with Gasteiger partial charge in [-0.25, -0.2) is 0 Å². The number of hydrogen-bond acceptors (Lipinski definition) is 4. The normalized spacial score (nSPS) is 20.0. The molecule has 1 heterocycles. The van der Waals surface area contributed by atoms with E-state index in [9.17, 15) is 18.3 Å². The number of alkyl halides is 3. The van der Waals surface area contributed by atoms with Gasteiger partial charge in [0.05, 0.1) is 28.8 Å². The highest BCUT2D eigenvalue weighted by molar-refractivity contribution is 7.99. The van der Waals surface area contributed by atoms with Crippen molar-refractivity contribution >= 4 is 17.4 Å². The minimum Gasteiger partial charge on any atom is -0.387 e. The second-order valence-electron chi connectivity index (χ2n) is 5.56. The number of nitrogens with one attached hydrogen (secondary N) is 1. The molecular weight excluding hydrogens is 313 g/mol. The summed E-state index contributed by atoms with van der Waals surface area (Å²) >= 11 is 1.57. The van der Waals surface area contributed by atoms with Crippen LogP contribution in [0, 0.1) is 11.3 Å². The molecule has 120 valence electrons. The van der Waals surface area contributed by atoms with Crippen LogP contribution in [0.25, 0.3) is 0 Å². The summed E-state index contributed by atoms with van der Waals surface area (Å²) < 4.78 is 38.9. The largest absolute Gasteiger partial charge is 0.417 e. The van der Waals surface area contributed by atoms with Crippen molar-refractivity contribution in [2.24, 2.45) is 0 Å². The number of anilines is 1. The van der Waals surface area contributed by atoms with Crippen LogP contribution in [-0.2, 0) is 12.6 Å². The third-order valence-electron chi connectivity index (χ3n) is 3.77. The first-order chi connectivity index (χ1) is 10.2. The molecule has 0 saturated heterocycles. The van der Waals surface area contributed by atoms with Crippen LogP contribution in [0.1, 0.15) is 30.5 Å². The Morgan fingerprint density at radius 2 is 2.14 bits per heavy atom. The number of thioether (sulfide) groups is 1. The molecule has 1 aliphatic rings. The highest BCUT2D eigenvalue weighted by atomic mass is 32.2. The molecule has 0 fully saturated rings. The first-order valence-electron chi connectivity index (χ1n) is 6.90. The molecule has 3 nitrogen and oxygen atoms in total. The number of benzene rings is 1. The number of fused-ring (bicyclic) bond motifs is 1. The summed E-state index contributed by atoms with van der Waals surface area (Å²) in [5.74, 6) is 1.35. The van der Waals surface area contributed by atoms with Gasteiger partial charge in [0.1, 0.15) is 0 Å². The van der Waals surface area contributed by atoms with Crippen LogP contribution >= 0.6 is 11.8 Å². The topological polar surface area (TPSA) is 56.0 Å². The molecule has 1 aromatic rings. The van der Waals surface area contributed by atoms with E-state index in [-0.39, 0.29) is 11.6 Å². The second-order valence-corrected chi connectivity index (χ2v) is 6.83. The van der Waals surface area contributed by atoms with Crippen LogP contribution in [0.2, 0.25) is 0 Å². The van der Waals surface area contributed by atoms with Gasteiger partial charge in [-0.3, -0.25) is 0 Å². The summed E-state index contributed by atoms with van der Waals surface area (Å²) in [5.41, 5.74) is -1.37. The van der Waals surface area contributed by atoms with E-state index in [4.69, 9.17) is 5.26 Å². The van der Waals surface area contributed by atoms with E-state index in [2.05, 4.69) is 5.32 Å². The Hall–Kier alpha value is -1.39. The number of nitrogens with zero attached hydrogens (tertiary/aromatic N) is 1. The van der Waals surface area contributed by atoms with Crippen molar-refractivity contribution in [3.8, 4) is 6.07 Å². The first kappa shape index (κ1) is 17.0. The average Bonchev–Trinajstić information content (AvgIpc) is 2.86. The average molecular weight is 330 g/mol. The summed E-state index contributed by atoms with van der Waals surface area (Å²) in [7, 11) is 0. The first-order valence-corrected chi connectivity index (χ1v) is 8.05. The lowest BCUT2D eigenvalue weighted by Gasteiger charge is -2.30. The number of nitriles is 1. The fourth-order valence-corrected chi connectivity index (χ4v) is 3.34. The van der Waals surface area contributed by atoms with Gasteiger partial charge in [0.25, 0.3) is 0 Å². The molecule has 2 atom stereocenters. The molecule has 0 bridgehead atoms. The van der Waals surface area contributed by atoms with Crippen LogP contribution in [0.3, 0.4) is 0 Å². The lowest BCUT2D eigenvalue weighted by atomic mass is 9.94. The molecule has 0 aromatic heterocycles. The van der Waals surface area contributed by atoms with Crippen molar-refractivity contribution in [2.45, 2.75) is 38.1 Å². The van der Waals surface area contributed by atoms with E-state index in [1.807, 2.05) is 6.92 Å². The smallest absolute Gasteiger partial charge is 0.387 e. The summed E-state index contributed by atoms with van der Waals surface area (Å²) in [4.78, 5) is 0. The standard InChI is InChI=1S/C15H17F3N2OS/c1-3-22-8-14(2,21)13-5-9-4-10(7-19)11(15(16,17)18)6-12(9)20-13/h4,6,13,20-21H,3,5,8H2,1-2H3. The zero-order valence-corrected chi connectivity index (χ0v) is 13.1. The zero-order chi connectivity index (χ0) is 16.5. The maximum absolute atomic E-state index is 13.0. The molecule has 22 heavy (non-hydrogen) atoms. The Bertz CT molecular complexity index is 608. The van der Waals surface area contributed by atoms with Crippen LogP contribution < -0.4 is 5.32 Å². The van der Waals surface area contributed by atoms with Gasteiger partial charge >= 0.3 is 6.18 Å². The maximum atomic E-state index is 13.0. The lowest BCUT2D eigenvalue weighted by molar-refractivity contribution is -0.137. The lowest BCUT2D eigenvalue weighted by Crippen LogP contribution is -2.45. The van der Waals surface area contributed by atoms with E-state index in [0.29, 0.717) is 23.4 Å². The van der Waals surface area contributed by atoms with Gasteiger partial charge < -0.3 is 10.4 Å². The minimum absolute atomic E-state index is 0.345. The molecule has 7 heteroatoms. The van der Waals surface area contributed by atoms with Crippen molar-refractivity contribution in [2.75, 3.05) is 16.8 Å². The predicted molar refractivity (Wildman–Crippen MR) is 80.9 cm³/mol. The van der Waals surface area contributed by atoms with Crippen LogP contribution in [-0.4, -0.2) is 28.3 Å². The highest BCUT2D eigenvalue weighted by Crippen LogP contribution is 2.39. The zero-order valence-electron chi connectivity index (χ0n) is 12.3. The van der Waals surface area contributed by atoms with Crippen molar-refractivity contribution in [3.05, 3.63) is 28.8 Å². The van der Waals surface area contributed by atoms with Crippen LogP contribution in [0.4, 0.5) is 18.9 Å². The van der Waals surface area contributed by atoms with E-state index < -0.39 is 17.3 Å². The maximum Gasteiger partial charge on any atom is 0.417 e. The van der Waals surface area contributed by atoms with E-state index >= 15 is 0 Å². The Kier molecular flexibility index (Phi) is 4.64. The van der Waals surface area contributed by atoms with Crippen molar-refractivity contribution in [3.63, 3.8) is 0 Å². The van der Waals surface area contributed by atoms with Gasteiger partial charge in [0.2, 0.25) is 0 Å². The molecular formula is C15H17F3N2OS. The van der Waals surface area contributed by atoms with Gasteiger partial charge in [-0.2, -0.15) is 30.2 Å². The van der Waals surface area contributed by atoms with Crippen molar-refractivity contribution in [1.82, 2.24) is 0 Å². The SMILES string of the molecule is CCSCC(C)(O)C1Cc2cc(C#N)c(C(F)(F)F)cc2N1. The minimum atomic E-state index is -4.57. The Balaban J connectivity index is 2.30. The molecule has 0 radical (unpaired) electrons. The molecule has 1 aromatic carbocycles. The van der Waals surface area contributed by atoms with Gasteiger partial charge in [0, 0.05) is 11.4 Å². The third kappa shape index (κ3) is 3.33. The number of halogens is 3. The number of aliphatic hydroxyl groups is 1. The molecule has 2 unspecified atom stereocenters. The second kappa shape index (κ2) is 6.01. The fraction of sp³-hybridized carbons (Fsp3) is 0.533. The van der Waals surface area contributed by atoms with E-state index in [1.54, 1.807) is 24.8 Å². The summed E-state index contributed by atoms with van der Waals surface area (Å²) in [5, 5.41) is 22.4. The molecule has 2 rings (SSSR count). The van der Waals surface area contributed by atoms with Gasteiger partial charge in [0.15, 0.2) is 0 Å². The van der Waals surface area contributed by atoms with Crippen molar-refractivity contribution < 1.29 is 18.3 Å². The Labute approximate surface area is 131 Å². The molecule has 1 aliphatic heterocycles. The summed E-state index contributed by atoms with van der Waals surface area (Å²) in [6.45, 7) is 3.65.